The molecule has 4 atom stereocenters. The summed E-state index contributed by atoms with van der Waals surface area (Å²) in [6.45, 7) is 0.788. The molecule has 3 saturated heterocycles. The Labute approximate surface area is 362 Å². The lowest BCUT2D eigenvalue weighted by atomic mass is 10.5. The van der Waals surface area contributed by atoms with E-state index < -0.39 is 64.7 Å². The van der Waals surface area contributed by atoms with Gasteiger partial charge in [-0.25, -0.2) is 15.0 Å². The number of nitrogens with two attached hydrogens (primary N) is 6. The Kier molecular flexibility index (Phi) is 14.9. The van der Waals surface area contributed by atoms with Crippen molar-refractivity contribution in [2.24, 2.45) is 5.73 Å². The van der Waals surface area contributed by atoms with Gasteiger partial charge in [-0.3, -0.25) is 28.2 Å². The Morgan fingerprint density at radius 2 is 1.12 bits per heavy atom. The smallest absolute Gasteiger partial charge is 0.369 e. The van der Waals surface area contributed by atoms with E-state index in [1.165, 1.54) is 12.7 Å². The van der Waals surface area contributed by atoms with Crippen molar-refractivity contribution in [2.75, 3.05) is 74.9 Å². The number of aromatic nitrogens is 12. The van der Waals surface area contributed by atoms with Gasteiger partial charge in [-0.15, -0.1) is 0 Å². The first-order chi connectivity index (χ1) is 30.7. The minimum atomic E-state index is -5.31. The van der Waals surface area contributed by atoms with Crippen LogP contribution in [0.1, 0.15) is 25.3 Å². The highest BCUT2D eigenvalue weighted by atomic mass is 31.2. The molecule has 0 radical (unpaired) electrons. The molecule has 0 amide bonds. The molecule has 6 aromatic rings. The number of aliphatic hydroxyl groups is 3. The summed E-state index contributed by atoms with van der Waals surface area (Å²) in [4.78, 5) is 68.8. The van der Waals surface area contributed by atoms with Crippen LogP contribution in [0.15, 0.2) is 19.0 Å². The monoisotopic (exact) mass is 961 g/mol. The van der Waals surface area contributed by atoms with Gasteiger partial charge in [-0.1, -0.05) is 0 Å². The Hall–Kier alpha value is -5.65. The highest BCUT2D eigenvalue weighted by molar-refractivity contribution is 7.72. The topological polar surface area (TPSA) is 545 Å². The van der Waals surface area contributed by atoms with Crippen LogP contribution < -0.4 is 40.0 Å². The largest absolute Gasteiger partial charge is 0.391 e. The lowest BCUT2D eigenvalue weighted by Crippen LogP contribution is -2.31. The van der Waals surface area contributed by atoms with Crippen LogP contribution in [0.2, 0.25) is 0 Å². The van der Waals surface area contributed by atoms with Crippen molar-refractivity contribution in [3.8, 4) is 0 Å². The molecule has 0 bridgehead atoms. The zero-order chi connectivity index (χ0) is 47.4. The predicted octanol–water partition coefficient (Wildman–Crippen LogP) is -4.63. The average Bonchev–Trinajstić information content (AvgIpc) is 4.09. The second kappa shape index (κ2) is 19.8. The Morgan fingerprint density at radius 1 is 0.692 bits per heavy atom. The highest BCUT2D eigenvalue weighted by Crippen LogP contribution is 2.68. The molecular formula is C29H45N19O15P2. The number of anilines is 5. The van der Waals surface area contributed by atoms with Crippen molar-refractivity contribution < 1.29 is 72.4 Å². The SMILES string of the molecule is N=c1nc2c(ncn2[C@H]2CO[C@@H](CO)O2)c(N)[nH]1.NCCC(O)(P(=O)(O)O)P(=O)(O)O.Nc1nc(N)c2ncn(C3OCCO3)c2n1.Nc1nc(N)c2ncn([C@H]3CO[C@@H](CO)O3)c2n1. The standard InChI is InChI=1S/2C9H12N6O3.C8H10N6O2.C3H11NO7P2/c2*10-7-6-8(14-9(11)13-7)15(3-12-6)4-2-17-5(1-16)18-4;9-5-4-6(13-7(10)12-5)14(3-11-4)8-15-1-2-16-8;4-2-1-3(5,12(6,7)8)13(9,10)11/h2*3-5,16H,1-2H2,(H4,10,11,13,14);3,8H,1-2H2,(H4,9,10,12,13);5H,1-2,4H2,(H2,6,7,8)(H2,9,10,11)/t2*4-,5-;;/m11../s1. The molecule has 65 heavy (non-hydrogen) atoms. The van der Waals surface area contributed by atoms with Gasteiger partial charge in [0.15, 0.2) is 59.1 Å². The van der Waals surface area contributed by atoms with Gasteiger partial charge in [-0.2, -0.15) is 24.9 Å². The molecule has 6 aromatic heterocycles. The maximum atomic E-state index is 10.6. The molecule has 0 spiro atoms. The van der Waals surface area contributed by atoms with Gasteiger partial charge >= 0.3 is 15.2 Å². The number of ether oxygens (including phenoxy) is 6. The van der Waals surface area contributed by atoms with Crippen molar-refractivity contribution >= 4 is 78.0 Å². The number of nitrogen functional groups attached to an aromatic ring is 5. The number of aromatic amines is 1. The summed E-state index contributed by atoms with van der Waals surface area (Å²) in [7, 11) is -10.6. The van der Waals surface area contributed by atoms with Crippen molar-refractivity contribution in [1.82, 2.24) is 58.6 Å². The predicted molar refractivity (Wildman–Crippen MR) is 218 cm³/mol. The highest BCUT2D eigenvalue weighted by Gasteiger charge is 2.58. The average molecular weight is 962 g/mol. The number of rotatable bonds is 9. The molecular weight excluding hydrogens is 916 g/mol. The lowest BCUT2D eigenvalue weighted by molar-refractivity contribution is -0.0985. The van der Waals surface area contributed by atoms with E-state index >= 15 is 0 Å². The first-order valence-electron chi connectivity index (χ1n) is 18.5. The minimum absolute atomic E-state index is 0.0561. The van der Waals surface area contributed by atoms with Crippen molar-refractivity contribution in [3.05, 3.63) is 24.6 Å². The van der Waals surface area contributed by atoms with E-state index in [0.29, 0.717) is 53.3 Å². The maximum absolute atomic E-state index is 10.6. The Bertz CT molecular complexity index is 2730. The quantitative estimate of drug-likeness (QED) is 0.0606. The van der Waals surface area contributed by atoms with Crippen molar-refractivity contribution in [1.29, 1.82) is 5.41 Å². The fourth-order valence-corrected chi connectivity index (χ4v) is 8.19. The number of hydrogen-bond donors (Lipinski definition) is 15. The van der Waals surface area contributed by atoms with Gasteiger partial charge in [-0.05, 0) is 6.54 Å². The first kappa shape index (κ1) is 48.8. The number of H-pyrrole nitrogens is 1. The summed E-state index contributed by atoms with van der Waals surface area (Å²) in [6.07, 6.45) is 1.09. The van der Waals surface area contributed by atoms with Crippen LogP contribution in [0.25, 0.3) is 33.5 Å². The number of fused-ring (bicyclic) bond motifs is 3. The third-order valence-electron chi connectivity index (χ3n) is 9.05. The van der Waals surface area contributed by atoms with Gasteiger partial charge in [0.05, 0.1) is 52.3 Å². The van der Waals surface area contributed by atoms with Crippen LogP contribution in [0, 0.1) is 5.41 Å². The third-order valence-corrected chi connectivity index (χ3v) is 12.9. The van der Waals surface area contributed by atoms with Crippen LogP contribution in [0.3, 0.4) is 0 Å². The summed E-state index contributed by atoms with van der Waals surface area (Å²) in [5.74, 6) is 0.915. The molecule has 356 valence electrons. The molecule has 0 unspecified atom stereocenters. The van der Waals surface area contributed by atoms with Gasteiger partial charge in [0.25, 0.3) is 5.08 Å². The van der Waals surface area contributed by atoms with E-state index in [-0.39, 0.29) is 54.8 Å². The molecule has 36 heteroatoms. The summed E-state index contributed by atoms with van der Waals surface area (Å²) < 4.78 is 58.1. The number of imidazole rings is 3. The Morgan fingerprint density at radius 3 is 1.54 bits per heavy atom. The number of nitrogens with zero attached hydrogens (tertiary/aromatic N) is 11. The third kappa shape index (κ3) is 10.6. The van der Waals surface area contributed by atoms with E-state index in [2.05, 4.69) is 44.9 Å². The van der Waals surface area contributed by atoms with Gasteiger partial charge in [0.1, 0.15) is 23.2 Å². The molecule has 0 saturated carbocycles. The van der Waals surface area contributed by atoms with Gasteiger partial charge in [0.2, 0.25) is 23.9 Å². The van der Waals surface area contributed by atoms with Crippen LogP contribution in [-0.2, 0) is 37.6 Å². The van der Waals surface area contributed by atoms with Crippen molar-refractivity contribution in [2.45, 2.75) is 43.0 Å². The van der Waals surface area contributed by atoms with E-state index in [9.17, 15) is 9.13 Å². The summed E-state index contributed by atoms with van der Waals surface area (Å²) in [5.41, 5.74) is 35.8. The molecule has 3 fully saturated rings. The van der Waals surface area contributed by atoms with Gasteiger partial charge in [0, 0.05) is 6.42 Å². The van der Waals surface area contributed by atoms with Crippen LogP contribution in [0.5, 0.6) is 0 Å². The fourth-order valence-electron chi connectivity index (χ4n) is 5.99. The molecule has 21 N–H and O–H groups in total. The first-order valence-corrected chi connectivity index (χ1v) is 21.7. The second-order valence-electron chi connectivity index (χ2n) is 13.4. The van der Waals surface area contributed by atoms with Gasteiger partial charge < -0.3 is 103 Å². The van der Waals surface area contributed by atoms with E-state index in [0.717, 1.165) is 0 Å². The molecule has 0 aromatic carbocycles. The molecule has 3 aliphatic heterocycles. The summed E-state index contributed by atoms with van der Waals surface area (Å²) in [6, 6.07) is 0. The molecule has 0 aliphatic carbocycles. The zero-order valence-electron chi connectivity index (χ0n) is 33.5. The van der Waals surface area contributed by atoms with Crippen LogP contribution in [-0.4, -0.2) is 157 Å². The van der Waals surface area contributed by atoms with Crippen molar-refractivity contribution in [3.63, 3.8) is 0 Å². The van der Waals surface area contributed by atoms with Crippen LogP contribution >= 0.6 is 15.2 Å². The molecule has 3 aliphatic rings. The number of nitrogens with one attached hydrogen (secondary N) is 2. The fraction of sp³-hybridized carbons (Fsp3) is 0.483. The number of hydrogen-bond acceptors (Lipinski definition) is 26. The zero-order valence-corrected chi connectivity index (χ0v) is 35.2. The second-order valence-corrected chi connectivity index (χ2v) is 17.4. The van der Waals surface area contributed by atoms with Crippen LogP contribution in [0.4, 0.5) is 29.4 Å². The Balaban J connectivity index is 0.000000145. The number of aliphatic hydroxyl groups excluding tert-OH is 2. The molecule has 9 rings (SSSR count). The summed E-state index contributed by atoms with van der Waals surface area (Å²) in [5, 5.41) is 31.1. The maximum Gasteiger partial charge on any atom is 0.369 e. The van der Waals surface area contributed by atoms with E-state index in [1.807, 2.05) is 0 Å². The van der Waals surface area contributed by atoms with E-state index in [1.54, 1.807) is 20.0 Å². The lowest BCUT2D eigenvalue weighted by Gasteiger charge is -2.28. The molecule has 34 nitrogen and oxygen atoms in total. The normalized spacial score (nSPS) is 20.4. The summed E-state index contributed by atoms with van der Waals surface area (Å²) >= 11 is 0. The minimum Gasteiger partial charge on any atom is -0.391 e. The molecule has 9 heterocycles. The van der Waals surface area contributed by atoms with E-state index in [4.69, 9.17) is 103 Å².